The Kier molecular flexibility index (Phi) is 5.95. The van der Waals surface area contributed by atoms with Crippen LogP contribution in [0.15, 0.2) is 24.3 Å². The van der Waals surface area contributed by atoms with Crippen LogP contribution in [-0.4, -0.2) is 31.2 Å². The number of carbonyl (C=O) groups is 1. The lowest BCUT2D eigenvalue weighted by atomic mass is 9.99. The van der Waals surface area contributed by atoms with E-state index in [0.29, 0.717) is 19.6 Å². The van der Waals surface area contributed by atoms with Crippen molar-refractivity contribution < 1.29 is 13.9 Å². The molecule has 0 aliphatic heterocycles. The molecule has 0 bridgehead atoms. The largest absolute Gasteiger partial charge is 0.465 e. The van der Waals surface area contributed by atoms with Gasteiger partial charge in [-0.05, 0) is 51.5 Å². The maximum absolute atomic E-state index is 12.9. The number of rotatable bonds is 7. The predicted molar refractivity (Wildman–Crippen MR) is 78.1 cm³/mol. The maximum Gasteiger partial charge on any atom is 0.325 e. The number of esters is 1. The Bertz CT molecular complexity index is 432. The van der Waals surface area contributed by atoms with Crippen molar-refractivity contribution in [2.45, 2.75) is 32.7 Å². The van der Waals surface area contributed by atoms with Gasteiger partial charge in [-0.2, -0.15) is 0 Å². The number of carbonyl (C=O) groups excluding carboxylic acids is 1. The smallest absolute Gasteiger partial charge is 0.325 e. The molecule has 0 aliphatic rings. The fourth-order valence-corrected chi connectivity index (χ4v) is 1.89. The van der Waals surface area contributed by atoms with Gasteiger partial charge in [0.15, 0.2) is 0 Å². The lowest BCUT2D eigenvalue weighted by Gasteiger charge is -2.28. The Morgan fingerprint density at radius 2 is 1.95 bits per heavy atom. The van der Waals surface area contributed by atoms with Crippen molar-refractivity contribution in [1.82, 2.24) is 0 Å². The second-order valence-corrected chi connectivity index (χ2v) is 4.94. The first-order valence-corrected chi connectivity index (χ1v) is 6.87. The number of benzene rings is 1. The Morgan fingerprint density at radius 3 is 2.45 bits per heavy atom. The minimum absolute atomic E-state index is 0.264. The van der Waals surface area contributed by atoms with Crippen molar-refractivity contribution in [2.24, 2.45) is 5.73 Å². The van der Waals surface area contributed by atoms with Gasteiger partial charge in [0.1, 0.15) is 11.4 Å². The first-order chi connectivity index (χ1) is 9.40. The van der Waals surface area contributed by atoms with Crippen LogP contribution in [0.5, 0.6) is 0 Å². The predicted octanol–water partition coefficient (Wildman–Crippen LogP) is 2.32. The monoisotopic (exact) mass is 282 g/mol. The van der Waals surface area contributed by atoms with E-state index in [9.17, 15) is 9.18 Å². The molecule has 1 aromatic rings. The van der Waals surface area contributed by atoms with Crippen molar-refractivity contribution in [3.05, 3.63) is 30.1 Å². The molecule has 5 heteroatoms. The number of ether oxygens (including phenoxy) is 1. The average Bonchev–Trinajstić information content (AvgIpc) is 2.41. The normalized spacial score (nSPS) is 13.7. The van der Waals surface area contributed by atoms with E-state index >= 15 is 0 Å². The van der Waals surface area contributed by atoms with Crippen molar-refractivity contribution in [2.75, 3.05) is 24.6 Å². The third-order valence-corrected chi connectivity index (χ3v) is 3.22. The van der Waals surface area contributed by atoms with E-state index < -0.39 is 11.5 Å². The molecule has 20 heavy (non-hydrogen) atoms. The highest BCUT2D eigenvalue weighted by Crippen LogP contribution is 2.17. The molecule has 0 saturated heterocycles. The molecule has 1 rings (SSSR count). The van der Waals surface area contributed by atoms with Crippen LogP contribution in [0, 0.1) is 5.82 Å². The summed E-state index contributed by atoms with van der Waals surface area (Å²) in [7, 11) is 0. The summed E-state index contributed by atoms with van der Waals surface area (Å²) in [5.41, 5.74) is 5.89. The number of halogens is 1. The van der Waals surface area contributed by atoms with Crippen LogP contribution < -0.4 is 10.6 Å². The summed E-state index contributed by atoms with van der Waals surface area (Å²) in [6.45, 7) is 7.11. The lowest BCUT2D eigenvalue weighted by molar-refractivity contribution is -0.149. The Morgan fingerprint density at radius 1 is 1.35 bits per heavy atom. The quantitative estimate of drug-likeness (QED) is 0.780. The van der Waals surface area contributed by atoms with Crippen molar-refractivity contribution in [1.29, 1.82) is 0 Å². The van der Waals surface area contributed by atoms with Gasteiger partial charge in [-0.25, -0.2) is 4.39 Å². The third-order valence-electron chi connectivity index (χ3n) is 3.22. The Hall–Kier alpha value is -1.62. The van der Waals surface area contributed by atoms with E-state index in [-0.39, 0.29) is 5.82 Å². The highest BCUT2D eigenvalue weighted by molar-refractivity contribution is 5.80. The zero-order valence-corrected chi connectivity index (χ0v) is 12.4. The molecule has 2 N–H and O–H groups in total. The zero-order chi connectivity index (χ0) is 15.2. The third kappa shape index (κ3) is 4.49. The van der Waals surface area contributed by atoms with E-state index in [1.54, 1.807) is 26.0 Å². The van der Waals surface area contributed by atoms with E-state index in [1.165, 1.54) is 12.1 Å². The molecular weight excluding hydrogens is 259 g/mol. The van der Waals surface area contributed by atoms with Gasteiger partial charge in [0, 0.05) is 18.8 Å². The minimum Gasteiger partial charge on any atom is -0.465 e. The van der Waals surface area contributed by atoms with Gasteiger partial charge in [-0.1, -0.05) is 0 Å². The van der Waals surface area contributed by atoms with Crippen LogP contribution in [0.1, 0.15) is 27.2 Å². The molecule has 0 fully saturated rings. The number of nitrogens with two attached hydrogens (primary N) is 1. The summed E-state index contributed by atoms with van der Waals surface area (Å²) in [6, 6.07) is 6.28. The molecule has 0 saturated carbocycles. The van der Waals surface area contributed by atoms with Gasteiger partial charge in [-0.15, -0.1) is 0 Å². The fraction of sp³-hybridized carbons (Fsp3) is 0.533. The SMILES string of the molecule is CCOC(=O)C(C)(N)CCN(CC)c1ccc(F)cc1. The second-order valence-electron chi connectivity index (χ2n) is 4.94. The van der Waals surface area contributed by atoms with E-state index in [4.69, 9.17) is 10.5 Å². The van der Waals surface area contributed by atoms with E-state index in [0.717, 1.165) is 12.2 Å². The number of hydrogen-bond acceptors (Lipinski definition) is 4. The molecule has 1 atom stereocenters. The van der Waals surface area contributed by atoms with Crippen LogP contribution in [0.4, 0.5) is 10.1 Å². The Balaban J connectivity index is 2.65. The van der Waals surface area contributed by atoms with Crippen LogP contribution in [0.25, 0.3) is 0 Å². The summed E-state index contributed by atoms with van der Waals surface area (Å²) in [5, 5.41) is 0. The van der Waals surface area contributed by atoms with Gasteiger partial charge < -0.3 is 15.4 Å². The molecule has 0 heterocycles. The Labute approximate surface area is 119 Å². The zero-order valence-electron chi connectivity index (χ0n) is 12.4. The lowest BCUT2D eigenvalue weighted by Crippen LogP contribution is -2.48. The van der Waals surface area contributed by atoms with Gasteiger partial charge in [0.25, 0.3) is 0 Å². The number of hydrogen-bond donors (Lipinski definition) is 1. The molecule has 112 valence electrons. The van der Waals surface area contributed by atoms with Gasteiger partial charge in [0.05, 0.1) is 6.61 Å². The highest BCUT2D eigenvalue weighted by atomic mass is 19.1. The van der Waals surface area contributed by atoms with Crippen LogP contribution in [0.2, 0.25) is 0 Å². The average molecular weight is 282 g/mol. The first kappa shape index (κ1) is 16.4. The summed E-state index contributed by atoms with van der Waals surface area (Å²) in [6.07, 6.45) is 0.469. The highest BCUT2D eigenvalue weighted by Gasteiger charge is 2.30. The summed E-state index contributed by atoms with van der Waals surface area (Å²) < 4.78 is 17.9. The maximum atomic E-state index is 12.9. The molecule has 0 aliphatic carbocycles. The van der Waals surface area contributed by atoms with Crippen molar-refractivity contribution >= 4 is 11.7 Å². The molecule has 4 nitrogen and oxygen atoms in total. The molecule has 0 aromatic heterocycles. The topological polar surface area (TPSA) is 55.6 Å². The van der Waals surface area contributed by atoms with E-state index in [2.05, 4.69) is 0 Å². The molecule has 0 spiro atoms. The molecular formula is C15H23FN2O2. The summed E-state index contributed by atoms with van der Waals surface area (Å²) in [4.78, 5) is 13.8. The van der Waals surface area contributed by atoms with Crippen molar-refractivity contribution in [3.63, 3.8) is 0 Å². The van der Waals surface area contributed by atoms with Crippen LogP contribution >= 0.6 is 0 Å². The molecule has 1 aromatic carbocycles. The van der Waals surface area contributed by atoms with E-state index in [1.807, 2.05) is 11.8 Å². The minimum atomic E-state index is -1.01. The van der Waals surface area contributed by atoms with Gasteiger partial charge >= 0.3 is 5.97 Å². The number of nitrogens with zero attached hydrogens (tertiary/aromatic N) is 1. The van der Waals surface area contributed by atoms with Crippen LogP contribution in [0.3, 0.4) is 0 Å². The van der Waals surface area contributed by atoms with Crippen LogP contribution in [-0.2, 0) is 9.53 Å². The molecule has 0 radical (unpaired) electrons. The summed E-state index contributed by atoms with van der Waals surface area (Å²) >= 11 is 0. The summed E-state index contributed by atoms with van der Waals surface area (Å²) in [5.74, 6) is -0.657. The standard InChI is InChI=1S/C15H23FN2O2/c1-4-18(13-8-6-12(16)7-9-13)11-10-15(3,17)14(19)20-5-2/h6-9H,4-5,10-11,17H2,1-3H3. The second kappa shape index (κ2) is 7.24. The van der Waals surface area contributed by atoms with Gasteiger partial charge in [0.2, 0.25) is 0 Å². The van der Waals surface area contributed by atoms with Gasteiger partial charge in [-0.3, -0.25) is 4.79 Å². The molecule has 1 unspecified atom stereocenters. The van der Waals surface area contributed by atoms with Crippen molar-refractivity contribution in [3.8, 4) is 0 Å². The molecule has 0 amide bonds. The first-order valence-electron chi connectivity index (χ1n) is 6.87. The fourth-order valence-electron chi connectivity index (χ4n) is 1.89. The number of anilines is 1.